The number of amides is 1. The third-order valence-electron chi connectivity index (χ3n) is 5.72. The van der Waals surface area contributed by atoms with Crippen molar-refractivity contribution in [1.29, 1.82) is 0 Å². The molecule has 2 heterocycles. The first-order valence-electron chi connectivity index (χ1n) is 10.2. The molecule has 0 unspecified atom stereocenters. The number of carbonyl (C=O) groups excluding carboxylic acids is 2. The van der Waals surface area contributed by atoms with Crippen LogP contribution in [0.2, 0.25) is 0 Å². The van der Waals surface area contributed by atoms with Crippen LogP contribution in [0.4, 0.5) is 0 Å². The monoisotopic (exact) mass is 426 g/mol. The fourth-order valence-corrected chi connectivity index (χ4v) is 4.05. The molecular weight excluding hydrogens is 396 g/mol. The number of ketones is 1. The van der Waals surface area contributed by atoms with Crippen molar-refractivity contribution in [2.75, 3.05) is 34.3 Å². The summed E-state index contributed by atoms with van der Waals surface area (Å²) in [7, 11) is 7.28. The number of aliphatic hydroxyl groups is 1. The summed E-state index contributed by atoms with van der Waals surface area (Å²) in [5.74, 6) is -0.782. The number of carbonyl (C=O) groups is 2. The highest BCUT2D eigenvalue weighted by Gasteiger charge is 2.46. The third kappa shape index (κ3) is 4.20. The van der Waals surface area contributed by atoms with Gasteiger partial charge in [-0.15, -0.1) is 0 Å². The predicted octanol–water partition coefficient (Wildman–Crippen LogP) is 2.42. The number of aliphatic hydroxyl groups excluding tert-OH is 1. The van der Waals surface area contributed by atoms with E-state index in [4.69, 9.17) is 4.74 Å². The second kappa shape index (κ2) is 8.93. The van der Waals surface area contributed by atoms with E-state index in [1.807, 2.05) is 38.1 Å². The average Bonchev–Trinajstić information content (AvgIpc) is 3.13. The zero-order valence-corrected chi connectivity index (χ0v) is 19.0. The zero-order valence-electron chi connectivity index (χ0n) is 19.0. The SMILES string of the molecule is COc1ccc([C@@H]2/C(=C(\O)c3c(C)nn(C)c3C)C(=O)C(=O)N2CCCN(C)C)cc1. The van der Waals surface area contributed by atoms with Crippen LogP contribution in [0.1, 0.15) is 35.0 Å². The Balaban J connectivity index is 2.14. The van der Waals surface area contributed by atoms with Gasteiger partial charge < -0.3 is 19.6 Å². The number of hydrogen-bond acceptors (Lipinski definition) is 6. The van der Waals surface area contributed by atoms with Gasteiger partial charge in [-0.25, -0.2) is 0 Å². The van der Waals surface area contributed by atoms with Crippen molar-refractivity contribution in [2.45, 2.75) is 26.3 Å². The highest BCUT2D eigenvalue weighted by molar-refractivity contribution is 6.46. The highest BCUT2D eigenvalue weighted by atomic mass is 16.5. The lowest BCUT2D eigenvalue weighted by Crippen LogP contribution is -2.32. The standard InChI is InChI=1S/C23H30N4O4/c1-14-18(15(2)26(5)24-14)21(28)19-20(16-8-10-17(31-6)11-9-16)27(23(30)22(19)29)13-7-12-25(3)4/h8-11,20,28H,7,12-13H2,1-6H3/b21-19+/t20-/m1/s1. The van der Waals surface area contributed by atoms with Crippen molar-refractivity contribution in [3.63, 3.8) is 0 Å². The summed E-state index contributed by atoms with van der Waals surface area (Å²) in [6, 6.07) is 6.55. The summed E-state index contributed by atoms with van der Waals surface area (Å²) in [6.07, 6.45) is 0.706. The summed E-state index contributed by atoms with van der Waals surface area (Å²) in [5, 5.41) is 15.6. The summed E-state index contributed by atoms with van der Waals surface area (Å²) < 4.78 is 6.90. The molecule has 1 atom stereocenters. The van der Waals surface area contributed by atoms with Crippen LogP contribution in [0.25, 0.3) is 5.76 Å². The Morgan fingerprint density at radius 1 is 1.19 bits per heavy atom. The van der Waals surface area contributed by atoms with Crippen LogP contribution in [0, 0.1) is 13.8 Å². The minimum Gasteiger partial charge on any atom is -0.507 e. The Bertz CT molecular complexity index is 1020. The van der Waals surface area contributed by atoms with Crippen LogP contribution < -0.4 is 4.74 Å². The first-order chi connectivity index (χ1) is 14.7. The van der Waals surface area contributed by atoms with Crippen molar-refractivity contribution in [3.05, 3.63) is 52.4 Å². The van der Waals surface area contributed by atoms with Gasteiger partial charge in [-0.05, 0) is 58.6 Å². The number of ether oxygens (including phenoxy) is 1. The van der Waals surface area contributed by atoms with Crippen molar-refractivity contribution in [2.24, 2.45) is 7.05 Å². The largest absolute Gasteiger partial charge is 0.507 e. The first-order valence-corrected chi connectivity index (χ1v) is 10.2. The quantitative estimate of drug-likeness (QED) is 0.416. The lowest BCUT2D eigenvalue weighted by molar-refractivity contribution is -0.139. The van der Waals surface area contributed by atoms with Crippen molar-refractivity contribution in [3.8, 4) is 5.75 Å². The molecule has 1 amide bonds. The molecule has 0 bridgehead atoms. The molecule has 8 heteroatoms. The van der Waals surface area contributed by atoms with Crippen molar-refractivity contribution >= 4 is 17.4 Å². The van der Waals surface area contributed by atoms with E-state index in [-0.39, 0.29) is 11.3 Å². The van der Waals surface area contributed by atoms with Gasteiger partial charge in [0.15, 0.2) is 0 Å². The third-order valence-corrected chi connectivity index (χ3v) is 5.72. The molecule has 1 saturated heterocycles. The van der Waals surface area contributed by atoms with Crippen LogP contribution in [-0.4, -0.2) is 70.7 Å². The number of aryl methyl sites for hydroxylation is 2. The minimum absolute atomic E-state index is 0.0965. The number of methoxy groups -OCH3 is 1. The van der Waals surface area contributed by atoms with E-state index in [9.17, 15) is 14.7 Å². The number of nitrogens with zero attached hydrogens (tertiary/aromatic N) is 4. The van der Waals surface area contributed by atoms with Gasteiger partial charge in [0, 0.05) is 19.3 Å². The fraction of sp³-hybridized carbons (Fsp3) is 0.435. The first kappa shape index (κ1) is 22.6. The summed E-state index contributed by atoms with van der Waals surface area (Å²) in [6.45, 7) is 4.78. The van der Waals surface area contributed by atoms with E-state index >= 15 is 0 Å². The highest BCUT2D eigenvalue weighted by Crippen LogP contribution is 2.40. The molecule has 0 radical (unpaired) electrons. The van der Waals surface area contributed by atoms with Crippen molar-refractivity contribution < 1.29 is 19.4 Å². The minimum atomic E-state index is -0.675. The number of Topliss-reactive ketones (excluding diaryl/α,β-unsaturated/α-hetero) is 1. The number of likely N-dealkylation sites (tertiary alicyclic amines) is 1. The Morgan fingerprint density at radius 2 is 1.84 bits per heavy atom. The molecule has 166 valence electrons. The molecule has 8 nitrogen and oxygen atoms in total. The molecule has 2 aromatic rings. The van der Waals surface area contributed by atoms with E-state index < -0.39 is 17.7 Å². The summed E-state index contributed by atoms with van der Waals surface area (Å²) in [4.78, 5) is 29.7. The molecule has 1 N–H and O–H groups in total. The molecule has 1 aliphatic heterocycles. The van der Waals surface area contributed by atoms with Gasteiger partial charge in [0.25, 0.3) is 11.7 Å². The van der Waals surface area contributed by atoms with E-state index in [0.29, 0.717) is 30.0 Å². The van der Waals surface area contributed by atoms with Gasteiger partial charge in [0.2, 0.25) is 0 Å². The number of rotatable bonds is 7. The second-order valence-electron chi connectivity index (χ2n) is 8.09. The van der Waals surface area contributed by atoms with Gasteiger partial charge >= 0.3 is 0 Å². The van der Waals surface area contributed by atoms with Gasteiger partial charge in [-0.2, -0.15) is 5.10 Å². The lowest BCUT2D eigenvalue weighted by Gasteiger charge is -2.26. The Morgan fingerprint density at radius 3 is 2.35 bits per heavy atom. The Kier molecular flexibility index (Phi) is 6.50. The average molecular weight is 427 g/mol. The van der Waals surface area contributed by atoms with E-state index in [0.717, 1.165) is 17.8 Å². The number of hydrogen-bond donors (Lipinski definition) is 1. The zero-order chi connectivity index (χ0) is 22.9. The number of benzene rings is 1. The molecule has 0 aliphatic carbocycles. The maximum Gasteiger partial charge on any atom is 0.295 e. The maximum absolute atomic E-state index is 13.1. The molecule has 3 rings (SSSR count). The van der Waals surface area contributed by atoms with Crippen LogP contribution in [0.15, 0.2) is 29.8 Å². The molecule has 31 heavy (non-hydrogen) atoms. The van der Waals surface area contributed by atoms with Gasteiger partial charge in [0.1, 0.15) is 11.5 Å². The van der Waals surface area contributed by atoms with Gasteiger partial charge in [-0.3, -0.25) is 14.3 Å². The fourth-order valence-electron chi connectivity index (χ4n) is 4.05. The lowest BCUT2D eigenvalue weighted by atomic mass is 9.94. The summed E-state index contributed by atoms with van der Waals surface area (Å²) in [5.41, 5.74) is 2.66. The van der Waals surface area contributed by atoms with Gasteiger partial charge in [-0.1, -0.05) is 12.1 Å². The van der Waals surface area contributed by atoms with Crippen LogP contribution >= 0.6 is 0 Å². The number of aromatic nitrogens is 2. The Labute approximate surface area is 182 Å². The smallest absolute Gasteiger partial charge is 0.295 e. The molecule has 1 aromatic heterocycles. The van der Waals surface area contributed by atoms with Gasteiger partial charge in [0.05, 0.1) is 30.0 Å². The topological polar surface area (TPSA) is 87.9 Å². The van der Waals surface area contributed by atoms with E-state index in [2.05, 4.69) is 5.10 Å². The van der Waals surface area contributed by atoms with Crippen LogP contribution in [0.5, 0.6) is 5.75 Å². The molecule has 0 saturated carbocycles. The van der Waals surface area contributed by atoms with E-state index in [1.54, 1.807) is 42.8 Å². The summed E-state index contributed by atoms with van der Waals surface area (Å²) >= 11 is 0. The van der Waals surface area contributed by atoms with Crippen LogP contribution in [0.3, 0.4) is 0 Å². The molecule has 1 aromatic carbocycles. The molecule has 1 fully saturated rings. The second-order valence-corrected chi connectivity index (χ2v) is 8.09. The molecular formula is C23H30N4O4. The molecule has 0 spiro atoms. The maximum atomic E-state index is 13.1. The molecule has 1 aliphatic rings. The normalized spacial score (nSPS) is 18.3. The van der Waals surface area contributed by atoms with E-state index in [1.165, 1.54) is 0 Å². The van der Waals surface area contributed by atoms with Crippen molar-refractivity contribution in [1.82, 2.24) is 19.6 Å². The van der Waals surface area contributed by atoms with Crippen LogP contribution in [-0.2, 0) is 16.6 Å². The Hall–Kier alpha value is -3.13. The predicted molar refractivity (Wildman–Crippen MR) is 118 cm³/mol.